The van der Waals surface area contributed by atoms with Crippen molar-refractivity contribution in [3.63, 3.8) is 0 Å². The van der Waals surface area contributed by atoms with Crippen LogP contribution in [0.1, 0.15) is 27.4 Å². The Morgan fingerprint density at radius 1 is 1.25 bits per heavy atom. The Labute approximate surface area is 160 Å². The Hall–Kier alpha value is -2.59. The van der Waals surface area contributed by atoms with Crippen LogP contribution in [0.3, 0.4) is 0 Å². The first-order valence-corrected chi connectivity index (χ1v) is 9.53. The normalized spacial score (nSPS) is 12.5. The number of allylic oxidation sites excluding steroid dienone is 1. The third-order valence-corrected chi connectivity index (χ3v) is 4.98. The second kappa shape index (κ2) is 8.19. The molecule has 0 aliphatic carbocycles. The number of nitrogens with zero attached hydrogens (tertiary/aromatic N) is 1. The number of ketones is 1. The maximum atomic E-state index is 13.0. The van der Waals surface area contributed by atoms with E-state index >= 15 is 0 Å². The van der Waals surface area contributed by atoms with E-state index in [1.54, 1.807) is 43.4 Å². The molecule has 0 atom stereocenters. The monoisotopic (exact) mass is 416 g/mol. The number of rotatable bonds is 7. The van der Waals surface area contributed by atoms with Crippen molar-refractivity contribution in [1.29, 1.82) is 0 Å². The van der Waals surface area contributed by atoms with Gasteiger partial charge in [-0.05, 0) is 18.6 Å². The molecule has 1 heterocycles. The molecule has 0 unspecified atom stereocenters. The van der Waals surface area contributed by atoms with Crippen molar-refractivity contribution in [3.05, 3.63) is 65.3 Å². The largest absolute Gasteiger partial charge is 0.455 e. The first-order chi connectivity index (χ1) is 12.9. The van der Waals surface area contributed by atoms with Gasteiger partial charge in [0.05, 0.1) is 0 Å². The van der Waals surface area contributed by atoms with Crippen LogP contribution in [0.4, 0.5) is 13.2 Å². The zero-order valence-electron chi connectivity index (χ0n) is 15.4. The highest BCUT2D eigenvalue weighted by atomic mass is 32.2. The first kappa shape index (κ1) is 21.7. The molecule has 1 aromatic heterocycles. The molecule has 0 amide bonds. The van der Waals surface area contributed by atoms with Gasteiger partial charge in [-0.1, -0.05) is 18.2 Å². The number of hydrogen-bond donors (Lipinski definition) is 1. The van der Waals surface area contributed by atoms with Crippen LogP contribution >= 0.6 is 0 Å². The number of furan rings is 1. The number of alkyl halides is 3. The van der Waals surface area contributed by atoms with Crippen LogP contribution in [0, 0.1) is 6.92 Å². The van der Waals surface area contributed by atoms with E-state index in [1.165, 1.54) is 19.1 Å². The van der Waals surface area contributed by atoms with Crippen molar-refractivity contribution >= 4 is 15.8 Å². The van der Waals surface area contributed by atoms with Crippen molar-refractivity contribution in [2.24, 2.45) is 0 Å². The minimum atomic E-state index is -4.94. The molecule has 28 heavy (non-hydrogen) atoms. The minimum absolute atomic E-state index is 0.173. The average molecular weight is 416 g/mol. The predicted octanol–water partition coefficient (Wildman–Crippen LogP) is 3.34. The Morgan fingerprint density at radius 3 is 2.54 bits per heavy atom. The summed E-state index contributed by atoms with van der Waals surface area (Å²) >= 11 is 0. The predicted molar refractivity (Wildman–Crippen MR) is 96.1 cm³/mol. The van der Waals surface area contributed by atoms with Crippen molar-refractivity contribution in [3.8, 4) is 0 Å². The topological polar surface area (TPSA) is 79.6 Å². The van der Waals surface area contributed by atoms with Gasteiger partial charge < -0.3 is 9.32 Å². The Bertz CT molecular complexity index is 992. The molecule has 2 rings (SSSR count). The summed E-state index contributed by atoms with van der Waals surface area (Å²) in [6.45, 7) is 0.937. The number of hydrogen-bond acceptors (Lipinski definition) is 5. The molecule has 1 N–H and O–H groups in total. The maximum Gasteiger partial charge on any atom is 0.450 e. The van der Waals surface area contributed by atoms with Gasteiger partial charge in [0.25, 0.3) is 0 Å². The van der Waals surface area contributed by atoms with Gasteiger partial charge in [-0.25, -0.2) is 13.1 Å². The smallest absolute Gasteiger partial charge is 0.450 e. The van der Waals surface area contributed by atoms with E-state index in [1.807, 2.05) is 0 Å². The third kappa shape index (κ3) is 5.46. The first-order valence-electron chi connectivity index (χ1n) is 8.05. The van der Waals surface area contributed by atoms with Crippen LogP contribution in [-0.2, 0) is 22.7 Å². The number of nitrogens with one attached hydrogen (secondary N) is 1. The zero-order valence-corrected chi connectivity index (χ0v) is 16.2. The fourth-order valence-corrected chi connectivity index (χ4v) is 3.53. The lowest BCUT2D eigenvalue weighted by atomic mass is 10.1. The molecule has 2 aromatic rings. The summed E-state index contributed by atoms with van der Waals surface area (Å²) in [6.07, 6.45) is -2.02. The molecule has 0 bridgehead atoms. The number of benzene rings is 1. The van der Waals surface area contributed by atoms with Crippen molar-refractivity contribution in [2.75, 3.05) is 14.1 Å². The molecular weight excluding hydrogens is 397 g/mol. The summed E-state index contributed by atoms with van der Waals surface area (Å²) in [5.74, 6) is -2.04. The molecule has 0 saturated carbocycles. The molecule has 0 spiro atoms. The van der Waals surface area contributed by atoms with Crippen LogP contribution in [0.15, 0.2) is 51.9 Å². The molecule has 152 valence electrons. The number of sulfonamides is 1. The van der Waals surface area contributed by atoms with Crippen molar-refractivity contribution < 1.29 is 30.8 Å². The maximum absolute atomic E-state index is 13.0. The summed E-state index contributed by atoms with van der Waals surface area (Å²) in [6, 6.07) is 6.96. The van der Waals surface area contributed by atoms with E-state index in [0.717, 1.165) is 6.07 Å². The number of carbonyl (C=O) groups is 1. The molecule has 0 aliphatic rings. The lowest BCUT2D eigenvalue weighted by Crippen LogP contribution is -2.25. The summed E-state index contributed by atoms with van der Waals surface area (Å²) in [5.41, 5.74) is 0.742. The Balaban J connectivity index is 2.20. The van der Waals surface area contributed by atoms with E-state index in [-0.39, 0.29) is 18.1 Å². The van der Waals surface area contributed by atoms with Gasteiger partial charge in [0.15, 0.2) is 5.78 Å². The molecule has 0 radical (unpaired) electrons. The molecule has 1 aromatic carbocycles. The van der Waals surface area contributed by atoms with E-state index < -0.39 is 26.9 Å². The number of halogens is 3. The lowest BCUT2D eigenvalue weighted by molar-refractivity contribution is -0.155. The second-order valence-electron chi connectivity index (χ2n) is 6.22. The van der Waals surface area contributed by atoms with Crippen molar-refractivity contribution in [2.45, 2.75) is 24.5 Å². The van der Waals surface area contributed by atoms with Gasteiger partial charge in [0.2, 0.25) is 15.8 Å². The average Bonchev–Trinajstić information content (AvgIpc) is 3.01. The third-order valence-electron chi connectivity index (χ3n) is 3.57. The van der Waals surface area contributed by atoms with Gasteiger partial charge >= 0.3 is 6.18 Å². The van der Waals surface area contributed by atoms with Crippen molar-refractivity contribution in [1.82, 2.24) is 9.62 Å². The Kier molecular flexibility index (Phi) is 6.35. The van der Waals surface area contributed by atoms with E-state index in [4.69, 9.17) is 0 Å². The summed E-state index contributed by atoms with van der Waals surface area (Å²) in [5, 5.41) is 0. The van der Waals surface area contributed by atoms with E-state index in [0.29, 0.717) is 11.1 Å². The van der Waals surface area contributed by atoms with Gasteiger partial charge in [-0.3, -0.25) is 4.79 Å². The van der Waals surface area contributed by atoms with Crippen LogP contribution in [0.25, 0.3) is 0 Å². The molecule has 0 aliphatic heterocycles. The van der Waals surface area contributed by atoms with Crippen LogP contribution in [-0.4, -0.2) is 33.2 Å². The molecule has 6 nitrogen and oxygen atoms in total. The molecular formula is C18H19F3N2O4S. The van der Waals surface area contributed by atoms with E-state index in [2.05, 4.69) is 9.14 Å². The minimum Gasteiger partial charge on any atom is -0.455 e. The quantitative estimate of drug-likeness (QED) is 0.553. The summed E-state index contributed by atoms with van der Waals surface area (Å²) in [7, 11) is -0.972. The standard InChI is InChI=1S/C18H19F3N2O4S/c1-12-9-16(17(27-12)18(19,20)21)28(25,26)22-11-13-5-4-6-14(10-13)15(24)7-8-23(2)3/h4-10,22H,11H2,1-3H3. The number of aryl methyl sites for hydroxylation is 1. The molecule has 10 heteroatoms. The SMILES string of the molecule is Cc1cc(S(=O)(=O)NCc2cccc(C(=O)C=CN(C)C)c2)c(C(F)(F)F)o1. The molecule has 0 fully saturated rings. The fourth-order valence-electron chi connectivity index (χ4n) is 2.29. The van der Waals surface area contributed by atoms with Gasteiger partial charge in [0, 0.05) is 44.5 Å². The van der Waals surface area contributed by atoms with Gasteiger partial charge in [-0.2, -0.15) is 13.2 Å². The second-order valence-corrected chi connectivity index (χ2v) is 7.95. The highest BCUT2D eigenvalue weighted by Gasteiger charge is 2.41. The van der Waals surface area contributed by atoms with Gasteiger partial charge in [-0.15, -0.1) is 0 Å². The lowest BCUT2D eigenvalue weighted by Gasteiger charge is -2.09. The fraction of sp³-hybridized carbons (Fsp3) is 0.278. The summed E-state index contributed by atoms with van der Waals surface area (Å²) in [4.78, 5) is 12.8. The van der Waals surface area contributed by atoms with Crippen LogP contribution in [0.5, 0.6) is 0 Å². The molecule has 0 saturated heterocycles. The zero-order chi connectivity index (χ0) is 21.1. The summed E-state index contributed by atoms with van der Waals surface area (Å²) < 4.78 is 70.3. The van der Waals surface area contributed by atoms with E-state index in [9.17, 15) is 26.4 Å². The Morgan fingerprint density at radius 2 is 1.93 bits per heavy atom. The van der Waals surface area contributed by atoms with Crippen LogP contribution in [0.2, 0.25) is 0 Å². The van der Waals surface area contributed by atoms with Crippen LogP contribution < -0.4 is 4.72 Å². The highest BCUT2D eigenvalue weighted by Crippen LogP contribution is 2.36. The van der Waals surface area contributed by atoms with Gasteiger partial charge in [0.1, 0.15) is 10.7 Å². The highest BCUT2D eigenvalue weighted by molar-refractivity contribution is 7.89. The number of carbonyl (C=O) groups excluding carboxylic acids is 1.